The number of nitrogens with one attached hydrogen (secondary N) is 2. The lowest BCUT2D eigenvalue weighted by atomic mass is 9.99. The number of carbonyl (C=O) groups is 2. The molecule has 0 unspecified atom stereocenters. The smallest absolute Gasteiger partial charge is 0.340 e. The van der Waals surface area contributed by atoms with E-state index < -0.39 is 42.8 Å². The number of amides is 4. The highest BCUT2D eigenvalue weighted by Crippen LogP contribution is 2.21. The lowest BCUT2D eigenvalue weighted by molar-refractivity contribution is -0.288. The number of hydrogen-bond donors (Lipinski definition) is 6. The van der Waals surface area contributed by atoms with Gasteiger partial charge in [-0.1, -0.05) is 0 Å². The molecule has 4 amide bonds. The van der Waals surface area contributed by atoms with E-state index in [1.165, 1.54) is 13.3 Å². The van der Waals surface area contributed by atoms with Crippen molar-refractivity contribution in [3.63, 3.8) is 0 Å². The molecular formula is C19H31Cl2N9O9. The summed E-state index contributed by atoms with van der Waals surface area (Å²) in [6.45, 7) is 1.55. The van der Waals surface area contributed by atoms with Crippen LogP contribution in [0.15, 0.2) is 16.8 Å². The molecule has 1 aromatic heterocycles. The summed E-state index contributed by atoms with van der Waals surface area (Å²) < 4.78 is 10.0. The zero-order valence-corrected chi connectivity index (χ0v) is 22.5. The van der Waals surface area contributed by atoms with Gasteiger partial charge in [0.15, 0.2) is 6.29 Å². The number of anilines is 1. The number of nitrogens with two attached hydrogens (primary N) is 1. The van der Waals surface area contributed by atoms with Crippen LogP contribution in [-0.4, -0.2) is 117 Å². The first kappa shape index (κ1) is 34.0. The molecule has 1 aromatic rings. The summed E-state index contributed by atoms with van der Waals surface area (Å²) in [5.74, 6) is 0.972. The molecule has 1 aliphatic heterocycles. The molecule has 220 valence electrons. The molecule has 39 heavy (non-hydrogen) atoms. The quantitative estimate of drug-likeness (QED) is 0.103. The van der Waals surface area contributed by atoms with Crippen molar-refractivity contribution in [3.05, 3.63) is 27.4 Å². The number of nitroso groups, excluding NO2 is 2. The van der Waals surface area contributed by atoms with E-state index in [0.29, 0.717) is 21.4 Å². The third-order valence-electron chi connectivity index (χ3n) is 5.06. The predicted octanol–water partition coefficient (Wildman–Crippen LogP) is -0.829. The molecule has 1 saturated heterocycles. The van der Waals surface area contributed by atoms with Crippen LogP contribution in [0.4, 0.5) is 15.4 Å². The molecule has 0 radical (unpaired) electrons. The number of halogens is 2. The van der Waals surface area contributed by atoms with Crippen LogP contribution in [0.25, 0.3) is 0 Å². The number of alkyl halides is 2. The number of hydrogen-bond acceptors (Lipinski definition) is 14. The molecule has 0 saturated carbocycles. The van der Waals surface area contributed by atoms with Gasteiger partial charge in [0.05, 0.1) is 23.7 Å². The Morgan fingerprint density at radius 3 is 2.13 bits per heavy atom. The van der Waals surface area contributed by atoms with E-state index in [2.05, 4.69) is 31.2 Å². The number of ether oxygens (including phenoxy) is 2. The Balaban J connectivity index is 0.000000395. The lowest BCUT2D eigenvalue weighted by Crippen LogP contribution is -2.60. The number of nitrogens with zero attached hydrogens (tertiary/aromatic N) is 6. The first-order valence-corrected chi connectivity index (χ1v) is 12.3. The highest BCUT2D eigenvalue weighted by Gasteiger charge is 2.44. The summed E-state index contributed by atoms with van der Waals surface area (Å²) in [6, 6.07) is -1.47. The summed E-state index contributed by atoms with van der Waals surface area (Å²) in [4.78, 5) is 51.8. The Morgan fingerprint density at radius 1 is 1.08 bits per heavy atom. The molecule has 2 rings (SSSR count). The SMILES string of the molecule is CO[C@H]1O[C@H](CNC(=O)N(CCCl)N=O)[C@@H](O)[C@H](O)[C@H]1O.Cc1ncc(CNC(=O)N(CCCl)N=O)c(N)n1. The number of nitrogen functional groups attached to an aromatic ring is 1. The maximum absolute atomic E-state index is 11.6. The van der Waals surface area contributed by atoms with Crippen molar-refractivity contribution in [2.45, 2.75) is 44.2 Å². The lowest BCUT2D eigenvalue weighted by Gasteiger charge is -2.39. The number of aliphatic hydroxyl groups excluding tert-OH is 3. The van der Waals surface area contributed by atoms with E-state index in [1.54, 1.807) is 6.92 Å². The third kappa shape index (κ3) is 10.6. The molecule has 0 spiro atoms. The fourth-order valence-corrected chi connectivity index (χ4v) is 3.31. The first-order valence-electron chi connectivity index (χ1n) is 11.2. The number of carbonyl (C=O) groups excluding carboxylic acids is 2. The molecular weight excluding hydrogens is 569 g/mol. The number of methoxy groups -OCH3 is 1. The number of rotatable bonds is 11. The van der Waals surface area contributed by atoms with Gasteiger partial charge in [0, 0.05) is 43.7 Å². The largest absolute Gasteiger partial charge is 0.388 e. The summed E-state index contributed by atoms with van der Waals surface area (Å²) in [7, 11) is 1.26. The van der Waals surface area contributed by atoms with Gasteiger partial charge in [0.1, 0.15) is 36.1 Å². The Kier molecular flexibility index (Phi) is 15.3. The Hall–Kier alpha value is -3.00. The van der Waals surface area contributed by atoms with Crippen molar-refractivity contribution in [2.24, 2.45) is 10.6 Å². The van der Waals surface area contributed by atoms with E-state index in [4.69, 9.17) is 38.4 Å². The van der Waals surface area contributed by atoms with Crippen LogP contribution in [-0.2, 0) is 16.0 Å². The second kappa shape index (κ2) is 17.6. The minimum Gasteiger partial charge on any atom is -0.388 e. The van der Waals surface area contributed by atoms with Crippen LogP contribution in [0.5, 0.6) is 0 Å². The Bertz CT molecular complexity index is 950. The molecule has 0 aliphatic carbocycles. The number of aromatic nitrogens is 2. The molecule has 1 fully saturated rings. The molecule has 0 bridgehead atoms. The van der Waals surface area contributed by atoms with Crippen molar-refractivity contribution in [3.8, 4) is 0 Å². The fraction of sp³-hybridized carbons (Fsp3) is 0.684. The van der Waals surface area contributed by atoms with E-state index in [1.807, 2.05) is 0 Å². The average molecular weight is 600 g/mol. The van der Waals surface area contributed by atoms with Gasteiger partial charge in [-0.25, -0.2) is 19.6 Å². The standard InChI is InChI=1S/C10H18ClN3O7.C9H13ClN6O2/c1-20-9-8(17)7(16)6(15)5(21-9)4-12-10(18)14(13-19)3-2-11;1-6-12-4-7(8(11)14-6)5-13-9(17)16(15-18)3-2-10/h5-9,15-17H,2-4H2,1H3,(H,12,18);4H,2-3,5H2,1H3,(H,13,17)(H2,11,12,14)/t5-,6-,7+,8-,9+;/m1./s1. The minimum absolute atomic E-state index is 0.0262. The molecule has 0 aromatic carbocycles. The van der Waals surface area contributed by atoms with Crippen molar-refractivity contribution < 1.29 is 34.4 Å². The maximum Gasteiger partial charge on any atom is 0.340 e. The third-order valence-corrected chi connectivity index (χ3v) is 5.40. The van der Waals surface area contributed by atoms with Crippen LogP contribution in [0.1, 0.15) is 11.4 Å². The molecule has 2 heterocycles. The fourth-order valence-electron chi connectivity index (χ4n) is 2.99. The highest BCUT2D eigenvalue weighted by molar-refractivity contribution is 6.18. The van der Waals surface area contributed by atoms with Crippen molar-refractivity contribution in [1.29, 1.82) is 0 Å². The van der Waals surface area contributed by atoms with Crippen molar-refractivity contribution in [2.75, 3.05) is 44.2 Å². The number of urea groups is 2. The van der Waals surface area contributed by atoms with Crippen LogP contribution in [0, 0.1) is 16.7 Å². The predicted molar refractivity (Wildman–Crippen MR) is 137 cm³/mol. The van der Waals surface area contributed by atoms with Crippen LogP contribution in [0.2, 0.25) is 0 Å². The Morgan fingerprint density at radius 2 is 1.64 bits per heavy atom. The second-order valence-corrected chi connectivity index (χ2v) is 8.47. The first-order chi connectivity index (χ1) is 18.5. The maximum atomic E-state index is 11.6. The molecule has 5 atom stereocenters. The van der Waals surface area contributed by atoms with Gasteiger partial charge in [-0.2, -0.15) is 10.0 Å². The van der Waals surface area contributed by atoms with E-state index in [-0.39, 0.29) is 43.8 Å². The Labute approximate surface area is 232 Å². The van der Waals surface area contributed by atoms with Crippen LogP contribution < -0.4 is 16.4 Å². The topological polar surface area (TPSA) is 254 Å². The average Bonchev–Trinajstić information content (AvgIpc) is 2.92. The molecule has 20 heteroatoms. The van der Waals surface area contributed by atoms with Crippen molar-refractivity contribution >= 4 is 41.1 Å². The van der Waals surface area contributed by atoms with Crippen LogP contribution in [0.3, 0.4) is 0 Å². The van der Waals surface area contributed by atoms with Gasteiger partial charge in [-0.05, 0) is 6.92 Å². The van der Waals surface area contributed by atoms with Crippen molar-refractivity contribution in [1.82, 2.24) is 30.6 Å². The van der Waals surface area contributed by atoms with E-state index in [9.17, 15) is 34.7 Å². The number of aryl methyl sites for hydroxylation is 1. The summed E-state index contributed by atoms with van der Waals surface area (Å²) in [6.07, 6.45) is -5.00. The van der Waals surface area contributed by atoms with Gasteiger partial charge in [0.25, 0.3) is 0 Å². The second-order valence-electron chi connectivity index (χ2n) is 7.71. The van der Waals surface area contributed by atoms with Gasteiger partial charge in [-0.15, -0.1) is 33.0 Å². The summed E-state index contributed by atoms with van der Waals surface area (Å²) >= 11 is 10.8. The van der Waals surface area contributed by atoms with Gasteiger partial charge < -0.3 is 41.2 Å². The normalized spacial score (nSPS) is 22.1. The monoisotopic (exact) mass is 599 g/mol. The highest BCUT2D eigenvalue weighted by atomic mass is 35.5. The van der Waals surface area contributed by atoms with E-state index >= 15 is 0 Å². The van der Waals surface area contributed by atoms with Gasteiger partial charge in [-0.3, -0.25) is 0 Å². The summed E-state index contributed by atoms with van der Waals surface area (Å²) in [5.41, 5.74) is 6.21. The van der Waals surface area contributed by atoms with Gasteiger partial charge >= 0.3 is 12.1 Å². The zero-order valence-electron chi connectivity index (χ0n) is 21.0. The summed E-state index contributed by atoms with van der Waals surface area (Å²) in [5, 5.41) is 40.1. The molecule has 1 aliphatic rings. The number of aliphatic hydroxyl groups is 3. The molecule has 18 nitrogen and oxygen atoms in total. The van der Waals surface area contributed by atoms with Crippen LogP contribution >= 0.6 is 23.2 Å². The molecule has 7 N–H and O–H groups in total. The minimum atomic E-state index is -1.49. The van der Waals surface area contributed by atoms with E-state index in [0.717, 1.165) is 0 Å². The van der Waals surface area contributed by atoms with Gasteiger partial charge in [0.2, 0.25) is 0 Å². The zero-order chi connectivity index (χ0) is 29.5.